The zero-order chi connectivity index (χ0) is 14.7. The predicted octanol–water partition coefficient (Wildman–Crippen LogP) is 3.92. The van der Waals surface area contributed by atoms with E-state index in [1.165, 1.54) is 12.1 Å². The van der Waals surface area contributed by atoms with E-state index in [0.717, 1.165) is 4.47 Å². The molecule has 5 nitrogen and oxygen atoms in total. The van der Waals surface area contributed by atoms with Crippen molar-refractivity contribution in [1.82, 2.24) is 0 Å². The van der Waals surface area contributed by atoms with Crippen LogP contribution in [0.3, 0.4) is 0 Å². The highest BCUT2D eigenvalue weighted by Crippen LogP contribution is 2.22. The molecule has 2 aromatic carbocycles. The van der Waals surface area contributed by atoms with Crippen LogP contribution in [-0.2, 0) is 0 Å². The monoisotopic (exact) mass is 334 g/mol. The standard InChI is InChI=1S/C14H11BrN2O3/c1-9-12(6-3-7-13(9)17(19)20)14(18)16-11-5-2-4-10(15)8-11/h2-8H,1H3,(H,16,18). The molecular weight excluding hydrogens is 324 g/mol. The molecule has 0 spiro atoms. The predicted molar refractivity (Wildman–Crippen MR) is 79.9 cm³/mol. The van der Waals surface area contributed by atoms with Gasteiger partial charge in [-0.25, -0.2) is 0 Å². The summed E-state index contributed by atoms with van der Waals surface area (Å²) in [5.41, 5.74) is 1.20. The fourth-order valence-electron chi connectivity index (χ4n) is 1.83. The molecule has 0 atom stereocenters. The van der Waals surface area contributed by atoms with Crippen LogP contribution < -0.4 is 5.32 Å². The second kappa shape index (κ2) is 5.83. The highest BCUT2D eigenvalue weighted by Gasteiger charge is 2.17. The van der Waals surface area contributed by atoms with E-state index >= 15 is 0 Å². The van der Waals surface area contributed by atoms with Crippen molar-refractivity contribution in [2.24, 2.45) is 0 Å². The molecule has 1 N–H and O–H groups in total. The number of amides is 1. The van der Waals surface area contributed by atoms with Crippen LogP contribution in [0.15, 0.2) is 46.9 Å². The smallest absolute Gasteiger partial charge is 0.273 e. The molecule has 0 radical (unpaired) electrons. The SMILES string of the molecule is Cc1c(C(=O)Nc2cccc(Br)c2)cccc1[N+](=O)[O-]. The lowest BCUT2D eigenvalue weighted by molar-refractivity contribution is -0.385. The minimum absolute atomic E-state index is 0.0631. The number of nitrogens with one attached hydrogen (secondary N) is 1. The lowest BCUT2D eigenvalue weighted by Gasteiger charge is -2.08. The number of benzene rings is 2. The number of rotatable bonds is 3. The first kappa shape index (κ1) is 14.2. The zero-order valence-electron chi connectivity index (χ0n) is 10.6. The molecule has 0 saturated heterocycles. The molecule has 2 rings (SSSR count). The number of nitro benzene ring substituents is 1. The van der Waals surface area contributed by atoms with Crippen LogP contribution in [0, 0.1) is 17.0 Å². The molecule has 0 aliphatic carbocycles. The Labute approximate surface area is 123 Å². The molecule has 0 aromatic heterocycles. The lowest BCUT2D eigenvalue weighted by atomic mass is 10.1. The third-order valence-corrected chi connectivity index (χ3v) is 3.32. The molecule has 1 amide bonds. The number of nitro groups is 1. The second-order valence-corrected chi connectivity index (χ2v) is 5.09. The topological polar surface area (TPSA) is 72.2 Å². The van der Waals surface area contributed by atoms with Crippen LogP contribution in [0.2, 0.25) is 0 Å². The van der Waals surface area contributed by atoms with E-state index in [-0.39, 0.29) is 11.6 Å². The molecule has 0 unspecified atom stereocenters. The Bertz CT molecular complexity index is 686. The quantitative estimate of drug-likeness (QED) is 0.683. The molecule has 0 saturated carbocycles. The van der Waals surface area contributed by atoms with E-state index < -0.39 is 4.92 Å². The summed E-state index contributed by atoms with van der Waals surface area (Å²) in [6.45, 7) is 1.56. The third kappa shape index (κ3) is 3.03. The molecule has 6 heteroatoms. The van der Waals surface area contributed by atoms with Gasteiger partial charge in [0.1, 0.15) is 0 Å². The summed E-state index contributed by atoms with van der Waals surface area (Å²) in [6, 6.07) is 11.6. The molecule has 0 fully saturated rings. The van der Waals surface area contributed by atoms with Gasteiger partial charge in [-0.05, 0) is 31.2 Å². The van der Waals surface area contributed by atoms with Crippen molar-refractivity contribution in [2.75, 3.05) is 5.32 Å². The maximum atomic E-state index is 12.2. The minimum Gasteiger partial charge on any atom is -0.322 e. The Morgan fingerprint density at radius 1 is 1.25 bits per heavy atom. The molecule has 0 heterocycles. The summed E-state index contributed by atoms with van der Waals surface area (Å²) >= 11 is 3.31. The summed E-state index contributed by atoms with van der Waals surface area (Å²) in [6.07, 6.45) is 0. The second-order valence-electron chi connectivity index (χ2n) is 4.17. The van der Waals surface area contributed by atoms with E-state index in [1.807, 2.05) is 6.07 Å². The van der Waals surface area contributed by atoms with E-state index in [2.05, 4.69) is 21.2 Å². The fraction of sp³-hybridized carbons (Fsp3) is 0.0714. The fourth-order valence-corrected chi connectivity index (χ4v) is 2.23. The van der Waals surface area contributed by atoms with Crippen molar-refractivity contribution in [3.8, 4) is 0 Å². The summed E-state index contributed by atoms with van der Waals surface area (Å²) in [7, 11) is 0. The average Bonchev–Trinajstić information content (AvgIpc) is 2.38. The van der Waals surface area contributed by atoms with Crippen molar-refractivity contribution in [2.45, 2.75) is 6.92 Å². The average molecular weight is 335 g/mol. The maximum absolute atomic E-state index is 12.2. The Hall–Kier alpha value is -2.21. The van der Waals surface area contributed by atoms with E-state index in [1.54, 1.807) is 31.2 Å². The normalized spacial score (nSPS) is 10.1. The van der Waals surface area contributed by atoms with Crippen LogP contribution in [-0.4, -0.2) is 10.8 Å². The van der Waals surface area contributed by atoms with Gasteiger partial charge in [-0.2, -0.15) is 0 Å². The van der Waals surface area contributed by atoms with Gasteiger partial charge < -0.3 is 5.32 Å². The van der Waals surface area contributed by atoms with E-state index in [0.29, 0.717) is 16.8 Å². The number of nitrogens with zero attached hydrogens (tertiary/aromatic N) is 1. The summed E-state index contributed by atoms with van der Waals surface area (Å²) in [5, 5.41) is 13.6. The van der Waals surface area contributed by atoms with Gasteiger partial charge >= 0.3 is 0 Å². The van der Waals surface area contributed by atoms with Gasteiger partial charge in [-0.1, -0.05) is 28.1 Å². The first-order chi connectivity index (χ1) is 9.49. The molecule has 0 aliphatic heterocycles. The van der Waals surface area contributed by atoms with Gasteiger partial charge in [-0.15, -0.1) is 0 Å². The molecular formula is C14H11BrN2O3. The number of halogens is 1. The van der Waals surface area contributed by atoms with Gasteiger partial charge in [0.2, 0.25) is 0 Å². The maximum Gasteiger partial charge on any atom is 0.273 e. The largest absolute Gasteiger partial charge is 0.322 e. The Morgan fingerprint density at radius 3 is 2.60 bits per heavy atom. The zero-order valence-corrected chi connectivity index (χ0v) is 12.2. The number of carbonyl (C=O) groups is 1. The summed E-state index contributed by atoms with van der Waals surface area (Å²) < 4.78 is 0.839. The first-order valence-corrected chi connectivity index (χ1v) is 6.59. The van der Waals surface area contributed by atoms with Crippen LogP contribution in [0.1, 0.15) is 15.9 Å². The van der Waals surface area contributed by atoms with Crippen molar-refractivity contribution < 1.29 is 9.72 Å². The van der Waals surface area contributed by atoms with Gasteiger partial charge in [0.15, 0.2) is 0 Å². The van der Waals surface area contributed by atoms with Crippen LogP contribution in [0.5, 0.6) is 0 Å². The Balaban J connectivity index is 2.30. The number of hydrogen-bond acceptors (Lipinski definition) is 3. The number of anilines is 1. The Kier molecular flexibility index (Phi) is 4.14. The van der Waals surface area contributed by atoms with Crippen LogP contribution >= 0.6 is 15.9 Å². The molecule has 0 aliphatic rings. The minimum atomic E-state index is -0.495. The van der Waals surface area contributed by atoms with E-state index in [4.69, 9.17) is 0 Å². The molecule has 20 heavy (non-hydrogen) atoms. The summed E-state index contributed by atoms with van der Waals surface area (Å²) in [5.74, 6) is -0.371. The molecule has 102 valence electrons. The van der Waals surface area contributed by atoms with Gasteiger partial charge in [0.25, 0.3) is 11.6 Å². The van der Waals surface area contributed by atoms with Crippen molar-refractivity contribution in [3.05, 3.63) is 68.2 Å². The van der Waals surface area contributed by atoms with Gasteiger partial charge in [0, 0.05) is 27.4 Å². The van der Waals surface area contributed by atoms with Crippen molar-refractivity contribution in [1.29, 1.82) is 0 Å². The Morgan fingerprint density at radius 2 is 1.95 bits per heavy atom. The number of hydrogen-bond donors (Lipinski definition) is 1. The highest BCUT2D eigenvalue weighted by molar-refractivity contribution is 9.10. The van der Waals surface area contributed by atoms with Crippen LogP contribution in [0.4, 0.5) is 11.4 Å². The third-order valence-electron chi connectivity index (χ3n) is 2.83. The molecule has 0 bridgehead atoms. The first-order valence-electron chi connectivity index (χ1n) is 5.80. The summed E-state index contributed by atoms with van der Waals surface area (Å²) in [4.78, 5) is 22.5. The molecule has 2 aromatic rings. The van der Waals surface area contributed by atoms with E-state index in [9.17, 15) is 14.9 Å². The lowest BCUT2D eigenvalue weighted by Crippen LogP contribution is -2.14. The van der Waals surface area contributed by atoms with Crippen molar-refractivity contribution in [3.63, 3.8) is 0 Å². The van der Waals surface area contributed by atoms with Gasteiger partial charge in [-0.3, -0.25) is 14.9 Å². The van der Waals surface area contributed by atoms with Crippen LogP contribution in [0.25, 0.3) is 0 Å². The van der Waals surface area contributed by atoms with Gasteiger partial charge in [0.05, 0.1) is 4.92 Å². The van der Waals surface area contributed by atoms with Crippen molar-refractivity contribution >= 4 is 33.2 Å². The highest BCUT2D eigenvalue weighted by atomic mass is 79.9. The number of carbonyl (C=O) groups excluding carboxylic acids is 1.